The number of nitrogens with zero attached hydrogens (tertiary/aromatic N) is 2. The van der Waals surface area contributed by atoms with Crippen LogP contribution in [-0.2, 0) is 4.79 Å². The molecule has 0 saturated heterocycles. The standard InChI is InChI=1S/C27H32FN5O3/c1-15(2)31-25-22(27(36)32-20-7-4-17(5-8-20)10-16(3)34)13-30-33-14-19(12-24(25)33)21-9-6-18(26(29)35)11-23(21)28/h6,9,11-15,17,20,31H,4-5,7-8,10H2,1-3H3,(H2,29,35)(H,32,36). The Hall–Kier alpha value is -3.75. The van der Waals surface area contributed by atoms with E-state index in [2.05, 4.69) is 15.7 Å². The Kier molecular flexibility index (Phi) is 7.37. The highest BCUT2D eigenvalue weighted by Gasteiger charge is 2.25. The van der Waals surface area contributed by atoms with E-state index in [1.165, 1.54) is 18.3 Å². The second-order valence-electron chi connectivity index (χ2n) is 9.95. The fourth-order valence-corrected chi connectivity index (χ4v) is 4.90. The summed E-state index contributed by atoms with van der Waals surface area (Å²) in [7, 11) is 0. The number of Topliss-reactive ketones (excluding diaryl/α,β-unsaturated/α-hetero) is 1. The average Bonchev–Trinajstić information content (AvgIpc) is 3.24. The summed E-state index contributed by atoms with van der Waals surface area (Å²) in [4.78, 5) is 36.1. The minimum Gasteiger partial charge on any atom is -0.380 e. The zero-order valence-electron chi connectivity index (χ0n) is 20.8. The van der Waals surface area contributed by atoms with Gasteiger partial charge in [0.25, 0.3) is 5.91 Å². The molecule has 0 bridgehead atoms. The van der Waals surface area contributed by atoms with E-state index in [-0.39, 0.29) is 29.3 Å². The van der Waals surface area contributed by atoms with Crippen LogP contribution in [0.3, 0.4) is 0 Å². The van der Waals surface area contributed by atoms with Crippen LogP contribution in [0.15, 0.2) is 36.7 Å². The predicted molar refractivity (Wildman–Crippen MR) is 136 cm³/mol. The SMILES string of the molecule is CC(=O)CC1CCC(NC(=O)c2cnn3cc(-c4ccc(C(N)=O)cc4F)cc3c2NC(C)C)CC1. The molecule has 1 aromatic carbocycles. The maximum absolute atomic E-state index is 14.8. The number of hydrogen-bond acceptors (Lipinski definition) is 5. The fourth-order valence-electron chi connectivity index (χ4n) is 4.90. The third kappa shape index (κ3) is 5.56. The highest BCUT2D eigenvalue weighted by atomic mass is 19.1. The molecule has 36 heavy (non-hydrogen) atoms. The zero-order chi connectivity index (χ0) is 26.0. The van der Waals surface area contributed by atoms with Gasteiger partial charge in [0.05, 0.1) is 23.0 Å². The molecule has 0 spiro atoms. The van der Waals surface area contributed by atoms with E-state index < -0.39 is 11.7 Å². The lowest BCUT2D eigenvalue weighted by Crippen LogP contribution is -2.38. The van der Waals surface area contributed by atoms with E-state index in [1.54, 1.807) is 23.7 Å². The van der Waals surface area contributed by atoms with Crippen LogP contribution in [0.4, 0.5) is 10.1 Å². The number of carbonyl (C=O) groups excluding carboxylic acids is 3. The molecule has 0 aliphatic heterocycles. The third-order valence-electron chi connectivity index (χ3n) is 6.64. The van der Waals surface area contributed by atoms with Gasteiger partial charge in [0.2, 0.25) is 5.91 Å². The molecule has 3 aromatic rings. The number of ketones is 1. The number of amides is 2. The van der Waals surface area contributed by atoms with Gasteiger partial charge in [-0.2, -0.15) is 5.10 Å². The Morgan fingerprint density at radius 2 is 1.89 bits per heavy atom. The Morgan fingerprint density at radius 1 is 1.17 bits per heavy atom. The number of rotatable bonds is 8. The van der Waals surface area contributed by atoms with Gasteiger partial charge in [-0.05, 0) is 70.6 Å². The number of hydrogen-bond donors (Lipinski definition) is 3. The van der Waals surface area contributed by atoms with E-state index in [1.807, 2.05) is 13.8 Å². The van der Waals surface area contributed by atoms with Gasteiger partial charge in [-0.1, -0.05) is 6.07 Å². The number of nitrogens with one attached hydrogen (secondary N) is 2. The predicted octanol–water partition coefficient (Wildman–Crippen LogP) is 4.33. The topological polar surface area (TPSA) is 119 Å². The van der Waals surface area contributed by atoms with Crippen LogP contribution in [0.25, 0.3) is 16.6 Å². The van der Waals surface area contributed by atoms with Crippen molar-refractivity contribution in [3.05, 3.63) is 53.6 Å². The number of fused-ring (bicyclic) bond motifs is 1. The Labute approximate surface area is 209 Å². The third-order valence-corrected chi connectivity index (χ3v) is 6.64. The summed E-state index contributed by atoms with van der Waals surface area (Å²) >= 11 is 0. The number of benzene rings is 1. The summed E-state index contributed by atoms with van der Waals surface area (Å²) in [6, 6.07) is 5.96. The minimum atomic E-state index is -0.699. The van der Waals surface area contributed by atoms with Gasteiger partial charge in [0.15, 0.2) is 0 Å². The molecule has 4 rings (SSSR count). The molecule has 4 N–H and O–H groups in total. The van der Waals surface area contributed by atoms with Crippen molar-refractivity contribution in [1.29, 1.82) is 0 Å². The first-order valence-corrected chi connectivity index (χ1v) is 12.3. The number of halogens is 1. The van der Waals surface area contributed by atoms with Crippen molar-refractivity contribution in [3.63, 3.8) is 0 Å². The van der Waals surface area contributed by atoms with Crippen LogP contribution in [0.1, 0.15) is 73.6 Å². The van der Waals surface area contributed by atoms with Crippen molar-refractivity contribution >= 4 is 28.8 Å². The van der Waals surface area contributed by atoms with Crippen molar-refractivity contribution in [2.24, 2.45) is 11.7 Å². The van der Waals surface area contributed by atoms with Crippen molar-refractivity contribution in [2.75, 3.05) is 5.32 Å². The first-order chi connectivity index (χ1) is 17.1. The van der Waals surface area contributed by atoms with Gasteiger partial charge in [-0.15, -0.1) is 0 Å². The molecule has 2 amide bonds. The van der Waals surface area contributed by atoms with E-state index in [4.69, 9.17) is 5.73 Å². The van der Waals surface area contributed by atoms with Crippen LogP contribution >= 0.6 is 0 Å². The summed E-state index contributed by atoms with van der Waals surface area (Å²) in [5.74, 6) is -0.887. The van der Waals surface area contributed by atoms with Crippen molar-refractivity contribution in [3.8, 4) is 11.1 Å². The lowest BCUT2D eigenvalue weighted by Gasteiger charge is -2.29. The first kappa shape index (κ1) is 25.3. The molecular formula is C27H32FN5O3. The maximum atomic E-state index is 14.8. The van der Waals surface area contributed by atoms with Crippen LogP contribution < -0.4 is 16.4 Å². The Balaban J connectivity index is 1.61. The largest absolute Gasteiger partial charge is 0.380 e. The Morgan fingerprint density at radius 3 is 2.50 bits per heavy atom. The zero-order valence-corrected chi connectivity index (χ0v) is 20.8. The molecule has 0 radical (unpaired) electrons. The highest BCUT2D eigenvalue weighted by molar-refractivity contribution is 6.03. The molecule has 8 nitrogen and oxygen atoms in total. The van der Waals surface area contributed by atoms with Gasteiger partial charge in [-0.25, -0.2) is 8.91 Å². The molecule has 1 aliphatic rings. The average molecular weight is 494 g/mol. The first-order valence-electron chi connectivity index (χ1n) is 12.3. The van der Waals surface area contributed by atoms with Crippen molar-refractivity contribution < 1.29 is 18.8 Å². The summed E-state index contributed by atoms with van der Waals surface area (Å²) in [6.07, 6.45) is 7.31. The summed E-state index contributed by atoms with van der Waals surface area (Å²) in [5, 5.41) is 10.9. The van der Waals surface area contributed by atoms with Crippen LogP contribution in [0.2, 0.25) is 0 Å². The number of aromatic nitrogens is 2. The quantitative estimate of drug-likeness (QED) is 0.432. The van der Waals surface area contributed by atoms with Crippen LogP contribution in [0.5, 0.6) is 0 Å². The lowest BCUT2D eigenvalue weighted by atomic mass is 9.83. The van der Waals surface area contributed by atoms with Gasteiger partial charge in [0.1, 0.15) is 11.6 Å². The molecule has 9 heteroatoms. The second-order valence-corrected chi connectivity index (χ2v) is 9.95. The lowest BCUT2D eigenvalue weighted by molar-refractivity contribution is -0.118. The van der Waals surface area contributed by atoms with Gasteiger partial charge >= 0.3 is 0 Å². The maximum Gasteiger partial charge on any atom is 0.255 e. The highest BCUT2D eigenvalue weighted by Crippen LogP contribution is 2.32. The molecule has 1 aliphatic carbocycles. The fraction of sp³-hybridized carbons (Fsp3) is 0.407. The molecule has 1 fully saturated rings. The minimum absolute atomic E-state index is 0.0368. The molecular weight excluding hydrogens is 461 g/mol. The van der Waals surface area contributed by atoms with E-state index in [0.717, 1.165) is 31.7 Å². The molecule has 2 heterocycles. The molecule has 2 aromatic heterocycles. The van der Waals surface area contributed by atoms with E-state index in [0.29, 0.717) is 40.2 Å². The van der Waals surface area contributed by atoms with Crippen LogP contribution in [-0.4, -0.2) is 39.3 Å². The normalized spacial score (nSPS) is 17.8. The van der Waals surface area contributed by atoms with E-state index in [9.17, 15) is 18.8 Å². The Bertz CT molecular complexity index is 1310. The smallest absolute Gasteiger partial charge is 0.255 e. The molecule has 1 saturated carbocycles. The monoisotopic (exact) mass is 493 g/mol. The second kappa shape index (κ2) is 10.5. The summed E-state index contributed by atoms with van der Waals surface area (Å²) in [6.45, 7) is 5.57. The molecule has 0 atom stereocenters. The number of carbonyl (C=O) groups is 3. The summed E-state index contributed by atoms with van der Waals surface area (Å²) < 4.78 is 16.4. The van der Waals surface area contributed by atoms with Crippen molar-refractivity contribution in [1.82, 2.24) is 14.9 Å². The van der Waals surface area contributed by atoms with Crippen LogP contribution in [0, 0.1) is 11.7 Å². The van der Waals surface area contributed by atoms with Gasteiger partial charge in [0, 0.05) is 41.4 Å². The van der Waals surface area contributed by atoms with Gasteiger partial charge in [-0.3, -0.25) is 9.59 Å². The number of anilines is 1. The van der Waals surface area contributed by atoms with Gasteiger partial charge < -0.3 is 21.2 Å². The molecule has 0 unspecified atom stereocenters. The molecule has 190 valence electrons. The number of nitrogens with two attached hydrogens (primary N) is 1. The summed E-state index contributed by atoms with van der Waals surface area (Å²) in [5.41, 5.74) is 7.87. The number of primary amides is 1. The van der Waals surface area contributed by atoms with E-state index >= 15 is 0 Å². The van der Waals surface area contributed by atoms with Crippen molar-refractivity contribution in [2.45, 2.75) is 65.0 Å².